The lowest BCUT2D eigenvalue weighted by Gasteiger charge is -2.15. The van der Waals surface area contributed by atoms with Gasteiger partial charge in [-0.05, 0) is 19.8 Å². The minimum absolute atomic E-state index is 0.00365. The van der Waals surface area contributed by atoms with E-state index in [-0.39, 0.29) is 17.9 Å². The van der Waals surface area contributed by atoms with Gasteiger partial charge < -0.3 is 14.6 Å². The highest BCUT2D eigenvalue weighted by Gasteiger charge is 2.24. The van der Waals surface area contributed by atoms with Crippen LogP contribution >= 0.6 is 0 Å². The second-order valence-electron chi connectivity index (χ2n) is 5.13. The summed E-state index contributed by atoms with van der Waals surface area (Å²) in [4.78, 5) is 16.1. The number of aromatic nitrogens is 2. The summed E-state index contributed by atoms with van der Waals surface area (Å²) in [7, 11) is 1.58. The zero-order valence-electron chi connectivity index (χ0n) is 11.5. The Balaban J connectivity index is 1.79. The fourth-order valence-corrected chi connectivity index (χ4v) is 2.42. The van der Waals surface area contributed by atoms with E-state index in [1.165, 1.54) is 0 Å². The van der Waals surface area contributed by atoms with Crippen LogP contribution in [0.2, 0.25) is 0 Å². The predicted molar refractivity (Wildman–Crippen MR) is 68.3 cm³/mol. The number of amides is 1. The molecule has 0 radical (unpaired) electrons. The van der Waals surface area contributed by atoms with Crippen LogP contribution in [0.5, 0.6) is 0 Å². The van der Waals surface area contributed by atoms with Crippen molar-refractivity contribution in [3.05, 3.63) is 11.7 Å². The van der Waals surface area contributed by atoms with Gasteiger partial charge in [0, 0.05) is 25.5 Å². The van der Waals surface area contributed by atoms with Crippen molar-refractivity contribution in [2.75, 3.05) is 7.11 Å². The summed E-state index contributed by atoms with van der Waals surface area (Å²) >= 11 is 0. The molecule has 6 heteroatoms. The molecule has 1 unspecified atom stereocenters. The molecule has 1 aliphatic carbocycles. The lowest BCUT2D eigenvalue weighted by molar-refractivity contribution is -0.125. The summed E-state index contributed by atoms with van der Waals surface area (Å²) in [5.74, 6) is 1.41. The zero-order valence-corrected chi connectivity index (χ0v) is 11.5. The molecule has 0 bridgehead atoms. The molecule has 19 heavy (non-hydrogen) atoms. The van der Waals surface area contributed by atoms with E-state index in [1.54, 1.807) is 7.11 Å². The second kappa shape index (κ2) is 6.65. The summed E-state index contributed by atoms with van der Waals surface area (Å²) in [6.45, 7) is 2.29. The largest absolute Gasteiger partial charge is 0.377 e. The Morgan fingerprint density at radius 1 is 1.53 bits per heavy atom. The van der Waals surface area contributed by atoms with Crippen LogP contribution in [0.4, 0.5) is 0 Å². The van der Waals surface area contributed by atoms with Gasteiger partial charge in [0.2, 0.25) is 11.8 Å². The molecule has 1 aliphatic rings. The lowest BCUT2D eigenvalue weighted by atomic mass is 10.1. The average Bonchev–Trinajstić information content (AvgIpc) is 3.00. The summed E-state index contributed by atoms with van der Waals surface area (Å²) in [6, 6.07) is 0.00365. The summed E-state index contributed by atoms with van der Waals surface area (Å²) in [5, 5.41) is 6.81. The molecule has 0 aromatic carbocycles. The van der Waals surface area contributed by atoms with Crippen LogP contribution in [0.15, 0.2) is 4.52 Å². The Morgan fingerprint density at radius 2 is 2.26 bits per heavy atom. The molecule has 1 saturated carbocycles. The van der Waals surface area contributed by atoms with Crippen LogP contribution in [0.1, 0.15) is 44.3 Å². The molecule has 0 aliphatic heterocycles. The van der Waals surface area contributed by atoms with E-state index in [9.17, 15) is 4.79 Å². The Labute approximate surface area is 112 Å². The minimum atomic E-state index is 0.00365. The number of nitrogens with one attached hydrogen (secondary N) is 1. The zero-order chi connectivity index (χ0) is 13.7. The lowest BCUT2D eigenvalue weighted by Crippen LogP contribution is -2.37. The molecule has 1 amide bonds. The number of methoxy groups -OCH3 is 1. The first-order valence-corrected chi connectivity index (χ1v) is 6.80. The van der Waals surface area contributed by atoms with E-state index >= 15 is 0 Å². The molecule has 1 aromatic rings. The SMILES string of the molecule is COCc1noc(CC(C)NC(=O)C2CCCC2)n1. The summed E-state index contributed by atoms with van der Waals surface area (Å²) < 4.78 is 10.0. The molecule has 2 rings (SSSR count). The van der Waals surface area contributed by atoms with Crippen LogP contribution in [-0.4, -0.2) is 29.2 Å². The molecule has 106 valence electrons. The van der Waals surface area contributed by atoms with Crippen molar-refractivity contribution < 1.29 is 14.1 Å². The van der Waals surface area contributed by atoms with Gasteiger partial charge >= 0.3 is 0 Å². The minimum Gasteiger partial charge on any atom is -0.377 e. The summed E-state index contributed by atoms with van der Waals surface area (Å²) in [5.41, 5.74) is 0. The molecule has 0 saturated heterocycles. The standard InChI is InChI=1S/C13H21N3O3/c1-9(14-13(17)10-5-3-4-6-10)7-12-15-11(8-18-2)16-19-12/h9-10H,3-8H2,1-2H3,(H,14,17). The maximum Gasteiger partial charge on any atom is 0.228 e. The number of nitrogens with zero attached hydrogens (tertiary/aromatic N) is 2. The second-order valence-corrected chi connectivity index (χ2v) is 5.13. The van der Waals surface area contributed by atoms with Gasteiger partial charge in [0.25, 0.3) is 0 Å². The maximum absolute atomic E-state index is 12.0. The van der Waals surface area contributed by atoms with E-state index in [0.717, 1.165) is 25.7 Å². The molecule has 0 spiro atoms. The normalized spacial score (nSPS) is 17.6. The molecule has 1 N–H and O–H groups in total. The highest BCUT2D eigenvalue weighted by atomic mass is 16.5. The van der Waals surface area contributed by atoms with Crippen LogP contribution in [0.3, 0.4) is 0 Å². The first-order valence-electron chi connectivity index (χ1n) is 6.80. The van der Waals surface area contributed by atoms with Crippen molar-refractivity contribution in [1.29, 1.82) is 0 Å². The van der Waals surface area contributed by atoms with Gasteiger partial charge in [0.1, 0.15) is 6.61 Å². The third-order valence-corrected chi connectivity index (χ3v) is 3.38. The molecular weight excluding hydrogens is 246 g/mol. The van der Waals surface area contributed by atoms with Gasteiger partial charge in [-0.3, -0.25) is 4.79 Å². The van der Waals surface area contributed by atoms with E-state index < -0.39 is 0 Å². The quantitative estimate of drug-likeness (QED) is 0.844. The first-order chi connectivity index (χ1) is 9.19. The molecule has 6 nitrogen and oxygen atoms in total. The molecule has 1 heterocycles. The smallest absolute Gasteiger partial charge is 0.228 e. The van der Waals surface area contributed by atoms with Gasteiger partial charge in [-0.25, -0.2) is 0 Å². The average molecular weight is 267 g/mol. The molecule has 1 fully saturated rings. The Morgan fingerprint density at radius 3 is 2.95 bits per heavy atom. The van der Waals surface area contributed by atoms with Crippen molar-refractivity contribution in [2.24, 2.45) is 5.92 Å². The van der Waals surface area contributed by atoms with E-state index in [1.807, 2.05) is 6.92 Å². The van der Waals surface area contributed by atoms with Crippen molar-refractivity contribution in [2.45, 2.75) is 51.7 Å². The fraction of sp³-hybridized carbons (Fsp3) is 0.769. The number of ether oxygens (including phenoxy) is 1. The maximum atomic E-state index is 12.0. The number of carbonyl (C=O) groups excluding carboxylic acids is 1. The number of carbonyl (C=O) groups is 1. The van der Waals surface area contributed by atoms with Crippen molar-refractivity contribution >= 4 is 5.91 Å². The van der Waals surface area contributed by atoms with Gasteiger partial charge in [0.05, 0.1) is 0 Å². The number of hydrogen-bond acceptors (Lipinski definition) is 5. The van der Waals surface area contributed by atoms with Crippen LogP contribution in [0, 0.1) is 5.92 Å². The highest BCUT2D eigenvalue weighted by molar-refractivity contribution is 5.79. The van der Waals surface area contributed by atoms with Gasteiger partial charge in [-0.2, -0.15) is 4.98 Å². The van der Waals surface area contributed by atoms with E-state index in [0.29, 0.717) is 24.7 Å². The van der Waals surface area contributed by atoms with Crippen molar-refractivity contribution in [1.82, 2.24) is 15.5 Å². The van der Waals surface area contributed by atoms with Crippen molar-refractivity contribution in [3.63, 3.8) is 0 Å². The van der Waals surface area contributed by atoms with Crippen LogP contribution < -0.4 is 5.32 Å². The fourth-order valence-electron chi connectivity index (χ4n) is 2.42. The van der Waals surface area contributed by atoms with Crippen molar-refractivity contribution in [3.8, 4) is 0 Å². The molecule has 1 aromatic heterocycles. The van der Waals surface area contributed by atoms with Gasteiger partial charge in [-0.15, -0.1) is 0 Å². The van der Waals surface area contributed by atoms with E-state index in [4.69, 9.17) is 9.26 Å². The van der Waals surface area contributed by atoms with E-state index in [2.05, 4.69) is 15.5 Å². The first kappa shape index (κ1) is 14.0. The van der Waals surface area contributed by atoms with Crippen LogP contribution in [0.25, 0.3) is 0 Å². The van der Waals surface area contributed by atoms with Crippen LogP contribution in [-0.2, 0) is 22.6 Å². The molecule has 1 atom stereocenters. The Bertz CT molecular complexity index is 413. The number of hydrogen-bond donors (Lipinski definition) is 1. The molecular formula is C13H21N3O3. The third kappa shape index (κ3) is 4.02. The monoisotopic (exact) mass is 267 g/mol. The Kier molecular flexibility index (Phi) is 4.90. The number of rotatable bonds is 6. The predicted octanol–water partition coefficient (Wildman–Crippen LogP) is 1.45. The summed E-state index contributed by atoms with van der Waals surface area (Å²) in [6.07, 6.45) is 4.90. The van der Waals surface area contributed by atoms with Gasteiger partial charge in [-0.1, -0.05) is 18.0 Å². The Hall–Kier alpha value is -1.43. The topological polar surface area (TPSA) is 77.3 Å². The highest BCUT2D eigenvalue weighted by Crippen LogP contribution is 2.24. The van der Waals surface area contributed by atoms with Gasteiger partial charge in [0.15, 0.2) is 5.82 Å². The third-order valence-electron chi connectivity index (χ3n) is 3.38.